The Morgan fingerprint density at radius 3 is 2.83 bits per heavy atom. The van der Waals surface area contributed by atoms with Gasteiger partial charge in [-0.25, -0.2) is 18.7 Å². The minimum atomic E-state index is -0.943. The van der Waals surface area contributed by atoms with Crippen molar-refractivity contribution in [2.45, 2.75) is 45.7 Å². The molecule has 2 aromatic heterocycles. The Kier molecular flexibility index (Phi) is 7.68. The summed E-state index contributed by atoms with van der Waals surface area (Å²) in [5.41, 5.74) is -0.254. The Morgan fingerprint density at radius 2 is 2.14 bits per heavy atom. The summed E-state index contributed by atoms with van der Waals surface area (Å²) in [5, 5.41) is 3.84. The van der Waals surface area contributed by atoms with Gasteiger partial charge in [-0.05, 0) is 51.4 Å². The summed E-state index contributed by atoms with van der Waals surface area (Å²) in [6.07, 6.45) is 2.69. The molecule has 6 nitrogen and oxygen atoms in total. The molecule has 1 aliphatic heterocycles. The van der Waals surface area contributed by atoms with Gasteiger partial charge < -0.3 is 10.1 Å². The number of piperidine rings is 1. The van der Waals surface area contributed by atoms with Gasteiger partial charge in [-0.3, -0.25) is 9.69 Å². The van der Waals surface area contributed by atoms with Crippen LogP contribution in [0.15, 0.2) is 36.5 Å². The third-order valence-corrected chi connectivity index (χ3v) is 7.61. The monoisotopic (exact) mass is 520 g/mol. The number of benzene rings is 1. The lowest BCUT2D eigenvalue weighted by Gasteiger charge is -2.44. The fourth-order valence-electron chi connectivity index (χ4n) is 4.65. The second-order valence-corrected chi connectivity index (χ2v) is 10.6. The van der Waals surface area contributed by atoms with Crippen molar-refractivity contribution in [3.05, 3.63) is 69.3 Å². The average Bonchev–Trinajstić information content (AvgIpc) is 3.24. The second-order valence-electron chi connectivity index (χ2n) is 8.96. The first kappa shape index (κ1) is 25.5. The summed E-state index contributed by atoms with van der Waals surface area (Å²) in [6.45, 7) is 4.80. The number of rotatable bonds is 7. The van der Waals surface area contributed by atoms with Crippen LogP contribution in [0, 0.1) is 24.0 Å². The number of nitrogens with one attached hydrogen (secondary N) is 1. The molecule has 0 aliphatic carbocycles. The van der Waals surface area contributed by atoms with Crippen LogP contribution in [-0.4, -0.2) is 40.5 Å². The van der Waals surface area contributed by atoms with Gasteiger partial charge in [0.15, 0.2) is 5.13 Å². The number of aromatic nitrogens is 2. The van der Waals surface area contributed by atoms with Crippen molar-refractivity contribution in [3.63, 3.8) is 0 Å². The predicted octanol–water partition coefficient (Wildman–Crippen LogP) is 5.91. The van der Waals surface area contributed by atoms with E-state index in [0.717, 1.165) is 4.88 Å². The van der Waals surface area contributed by atoms with E-state index in [9.17, 15) is 13.6 Å². The van der Waals surface area contributed by atoms with E-state index in [1.54, 1.807) is 24.4 Å². The van der Waals surface area contributed by atoms with Gasteiger partial charge >= 0.3 is 5.97 Å². The van der Waals surface area contributed by atoms with E-state index in [0.29, 0.717) is 42.4 Å². The number of aryl methyl sites for hydroxylation is 1. The number of pyridine rings is 1. The van der Waals surface area contributed by atoms with E-state index in [4.69, 9.17) is 16.3 Å². The average molecular weight is 521 g/mol. The van der Waals surface area contributed by atoms with Crippen molar-refractivity contribution in [2.24, 2.45) is 5.41 Å². The lowest BCUT2D eigenvalue weighted by atomic mass is 9.72. The molecule has 1 aromatic carbocycles. The van der Waals surface area contributed by atoms with E-state index in [1.165, 1.54) is 30.6 Å². The zero-order valence-corrected chi connectivity index (χ0v) is 21.3. The van der Waals surface area contributed by atoms with Gasteiger partial charge in [-0.2, -0.15) is 0 Å². The summed E-state index contributed by atoms with van der Waals surface area (Å²) in [6, 6.07) is 7.75. The van der Waals surface area contributed by atoms with E-state index in [-0.39, 0.29) is 23.2 Å². The molecule has 2 unspecified atom stereocenters. The van der Waals surface area contributed by atoms with Crippen molar-refractivity contribution >= 4 is 39.9 Å². The maximum atomic E-state index is 14.8. The molecule has 186 valence electrons. The van der Waals surface area contributed by atoms with Crippen molar-refractivity contribution in [1.29, 1.82) is 0 Å². The Morgan fingerprint density at radius 1 is 1.34 bits per heavy atom. The number of halogens is 3. The number of nitrogens with zero attached hydrogens (tertiary/aromatic N) is 3. The first-order chi connectivity index (χ1) is 16.7. The summed E-state index contributed by atoms with van der Waals surface area (Å²) >= 11 is 7.41. The van der Waals surface area contributed by atoms with Gasteiger partial charge in [0.25, 0.3) is 0 Å². The molecular weight excluding hydrogens is 494 g/mol. The molecule has 2 atom stereocenters. The molecule has 0 spiro atoms. The van der Waals surface area contributed by atoms with Crippen LogP contribution in [0.3, 0.4) is 0 Å². The first-order valence-corrected chi connectivity index (χ1v) is 12.5. The number of hydrogen-bond acceptors (Lipinski definition) is 7. The Labute approximate surface area is 212 Å². The fraction of sp³-hybridized carbons (Fsp3) is 0.400. The molecule has 35 heavy (non-hydrogen) atoms. The molecule has 3 heterocycles. The standard InChI is InChI=1S/C25H27ClF2N4O2S/c1-15-11-25(23(33)34-3,9-10-32(15)14-17-5-4-6-18(26)22(17)28)12-20-19(27)7-8-21(30-20)31-24-29-13-16(2)35-24/h4-8,13,15H,9-12,14H2,1-3H3,(H,29,30,31). The number of esters is 1. The van der Waals surface area contributed by atoms with Crippen LogP contribution in [0.25, 0.3) is 0 Å². The Hall–Kier alpha value is -2.62. The van der Waals surface area contributed by atoms with E-state index < -0.39 is 23.0 Å². The number of thiazole rings is 1. The number of methoxy groups -OCH3 is 1. The topological polar surface area (TPSA) is 67.3 Å². The molecule has 0 bridgehead atoms. The third-order valence-electron chi connectivity index (χ3n) is 6.49. The molecular formula is C25H27ClF2N4O2S. The molecule has 4 rings (SSSR count). The number of likely N-dealkylation sites (tertiary alicyclic amines) is 1. The van der Waals surface area contributed by atoms with Crippen molar-refractivity contribution in [3.8, 4) is 0 Å². The molecule has 1 N–H and O–H groups in total. The van der Waals surface area contributed by atoms with Crippen molar-refractivity contribution in [1.82, 2.24) is 14.9 Å². The summed E-state index contributed by atoms with van der Waals surface area (Å²) in [4.78, 5) is 24.9. The van der Waals surface area contributed by atoms with Crippen molar-refractivity contribution in [2.75, 3.05) is 19.0 Å². The molecule has 0 amide bonds. The zero-order chi connectivity index (χ0) is 25.2. The highest BCUT2D eigenvalue weighted by atomic mass is 35.5. The highest BCUT2D eigenvalue weighted by Crippen LogP contribution is 2.40. The van der Waals surface area contributed by atoms with E-state index in [1.807, 2.05) is 13.8 Å². The normalized spacial score (nSPS) is 20.6. The van der Waals surface area contributed by atoms with Crippen molar-refractivity contribution < 1.29 is 18.3 Å². The maximum absolute atomic E-state index is 14.8. The predicted molar refractivity (Wildman–Crippen MR) is 133 cm³/mol. The fourth-order valence-corrected chi connectivity index (χ4v) is 5.52. The molecule has 3 aromatic rings. The molecule has 0 saturated carbocycles. The smallest absolute Gasteiger partial charge is 0.312 e. The van der Waals surface area contributed by atoms with E-state index >= 15 is 0 Å². The minimum Gasteiger partial charge on any atom is -0.469 e. The Balaban J connectivity index is 1.54. The summed E-state index contributed by atoms with van der Waals surface area (Å²) in [7, 11) is 1.34. The van der Waals surface area contributed by atoms with Gasteiger partial charge in [-0.1, -0.05) is 23.7 Å². The van der Waals surface area contributed by atoms with Crippen LogP contribution < -0.4 is 5.32 Å². The number of carbonyl (C=O) groups excluding carboxylic acids is 1. The minimum absolute atomic E-state index is 0.0797. The number of hydrogen-bond donors (Lipinski definition) is 1. The van der Waals surface area contributed by atoms with Gasteiger partial charge in [0.2, 0.25) is 0 Å². The van der Waals surface area contributed by atoms with E-state index in [2.05, 4.69) is 20.2 Å². The SMILES string of the molecule is COC(=O)C1(Cc2nc(Nc3ncc(C)s3)ccc2F)CCN(Cc2cccc(Cl)c2F)C(C)C1. The molecule has 1 saturated heterocycles. The van der Waals surface area contributed by atoms with Crippen LogP contribution in [0.4, 0.5) is 19.7 Å². The quantitative estimate of drug-likeness (QED) is 0.391. The second kappa shape index (κ2) is 10.6. The molecule has 0 radical (unpaired) electrons. The Bertz CT molecular complexity index is 1220. The highest BCUT2D eigenvalue weighted by Gasteiger charge is 2.46. The van der Waals surface area contributed by atoms with Gasteiger partial charge in [-0.15, -0.1) is 11.3 Å². The maximum Gasteiger partial charge on any atom is 0.312 e. The first-order valence-electron chi connectivity index (χ1n) is 11.3. The number of anilines is 2. The van der Waals surface area contributed by atoms with Gasteiger partial charge in [0, 0.05) is 35.6 Å². The lowest BCUT2D eigenvalue weighted by Crippen LogP contribution is -2.50. The third kappa shape index (κ3) is 5.63. The summed E-state index contributed by atoms with van der Waals surface area (Å²) in [5.74, 6) is -0.854. The molecule has 1 aliphatic rings. The van der Waals surface area contributed by atoms with Gasteiger partial charge in [0.1, 0.15) is 17.5 Å². The number of carbonyl (C=O) groups is 1. The van der Waals surface area contributed by atoms with Crippen LogP contribution in [-0.2, 0) is 22.5 Å². The zero-order valence-electron chi connectivity index (χ0n) is 19.8. The van der Waals surface area contributed by atoms with Crippen LogP contribution in [0.2, 0.25) is 5.02 Å². The lowest BCUT2D eigenvalue weighted by molar-refractivity contribution is -0.157. The number of ether oxygens (including phenoxy) is 1. The van der Waals surface area contributed by atoms with Gasteiger partial charge in [0.05, 0.1) is 23.2 Å². The van der Waals surface area contributed by atoms with Crippen LogP contribution >= 0.6 is 22.9 Å². The van der Waals surface area contributed by atoms with Crippen LogP contribution in [0.5, 0.6) is 0 Å². The van der Waals surface area contributed by atoms with Crippen LogP contribution in [0.1, 0.15) is 35.9 Å². The summed E-state index contributed by atoms with van der Waals surface area (Å²) < 4.78 is 34.4. The largest absolute Gasteiger partial charge is 0.469 e. The molecule has 10 heteroatoms. The molecule has 1 fully saturated rings. The highest BCUT2D eigenvalue weighted by molar-refractivity contribution is 7.15.